The van der Waals surface area contributed by atoms with Gasteiger partial charge < -0.3 is 29.4 Å². The number of carbonyl (C=O) groups excluding carboxylic acids is 2. The number of hydrogen-bond acceptors (Lipinski definition) is 11. The molecule has 1 aromatic heterocycles. The number of ether oxygens (including phenoxy) is 4. The molecule has 20 heteroatoms. The topological polar surface area (TPSA) is 185 Å². The molecule has 10 rings (SSSR count). The number of aliphatic carboxylic acids is 1. The molecule has 2 bridgehead atoms. The summed E-state index contributed by atoms with van der Waals surface area (Å²) in [4.78, 5) is 42.1. The van der Waals surface area contributed by atoms with Crippen LogP contribution in [-0.2, 0) is 26.0 Å². The number of alkyl halides is 2. The van der Waals surface area contributed by atoms with E-state index in [-0.39, 0.29) is 68.4 Å². The van der Waals surface area contributed by atoms with Gasteiger partial charge in [-0.25, -0.2) is 18.0 Å². The lowest BCUT2D eigenvalue weighted by molar-refractivity contribution is -0.904. The Morgan fingerprint density at radius 1 is 0.829 bits per heavy atom. The van der Waals surface area contributed by atoms with Crippen molar-refractivity contribution >= 4 is 51.3 Å². The maximum Gasteiger partial charge on any atom is 0.408 e. The summed E-state index contributed by atoms with van der Waals surface area (Å²) in [7, 11) is -4.60. The average molecular weight is 1020 g/mol. The van der Waals surface area contributed by atoms with Crippen LogP contribution in [0.4, 0.5) is 13.6 Å². The number of halogens is 4. The van der Waals surface area contributed by atoms with Crippen molar-refractivity contribution in [2.24, 2.45) is 17.8 Å². The van der Waals surface area contributed by atoms with Crippen molar-refractivity contribution in [1.82, 2.24) is 14.5 Å². The molecule has 5 aromatic rings. The number of esters is 1. The number of fused-ring (bicyclic) bond motifs is 3. The van der Waals surface area contributed by atoms with E-state index in [9.17, 15) is 41.9 Å². The second-order valence-corrected chi connectivity index (χ2v) is 20.7. The third kappa shape index (κ3) is 11.0. The first-order valence-electron chi connectivity index (χ1n) is 22.8. The molecule has 5 fully saturated rings. The number of pyridine rings is 1. The maximum atomic E-state index is 14.7. The highest BCUT2D eigenvalue weighted by Gasteiger charge is 2.54. The fourth-order valence-electron chi connectivity index (χ4n) is 9.57. The van der Waals surface area contributed by atoms with Gasteiger partial charge in [-0.1, -0.05) is 77.8 Å². The molecule has 0 radical (unpaired) electrons. The molecule has 4 aromatic carbocycles. The van der Waals surface area contributed by atoms with Crippen molar-refractivity contribution in [2.75, 3.05) is 32.8 Å². The lowest BCUT2D eigenvalue weighted by Gasteiger charge is -2.48. The smallest absolute Gasteiger partial charge is 0.408 e. The van der Waals surface area contributed by atoms with Gasteiger partial charge in [0, 0.05) is 35.3 Å². The minimum Gasteiger partial charge on any atom is -0.489 e. The van der Waals surface area contributed by atoms with Crippen LogP contribution < -0.4 is 24.3 Å². The van der Waals surface area contributed by atoms with Crippen LogP contribution in [0, 0.1) is 17.8 Å². The van der Waals surface area contributed by atoms with Crippen LogP contribution >= 0.6 is 23.2 Å². The summed E-state index contributed by atoms with van der Waals surface area (Å²) in [5.41, 5.74) is 1.73. The zero-order valence-corrected chi connectivity index (χ0v) is 39.7. The highest BCUT2D eigenvalue weighted by Crippen LogP contribution is 2.46. The molecule has 1 aliphatic carbocycles. The summed E-state index contributed by atoms with van der Waals surface area (Å²) in [6.45, 7) is -0.784. The van der Waals surface area contributed by atoms with E-state index in [1.54, 1.807) is 24.3 Å². The number of sulfonamides is 1. The van der Waals surface area contributed by atoms with Crippen LogP contribution in [0.2, 0.25) is 10.0 Å². The standard InChI is InChI=1S/C50H48Cl2F2N4O11S/c51-40-25-57(63)26-41(52)38(40)23-37(32-14-15-42(68-49(53)54)43(22-32)66-28-29-12-13-29)46-39(47(59)60)24-58(46)70(64,65)36-11-5-9-34(21-36)48(61)67-35-10-4-8-33(20-35)45(31-6-2-1-3-7-31)55-50(62)69-44-27-56-18-16-30(44)17-19-56/h1-11,14-15,20-22,25-26,29-30,37,39,44-46,49H,12-13,16-19,23-24,27-28H2,(H2-,55,59,60,62,63)/p+1/t37-,39?,44-,45-,46?/m0/s1. The van der Waals surface area contributed by atoms with Gasteiger partial charge in [-0.3, -0.25) is 14.9 Å². The maximum absolute atomic E-state index is 14.7. The number of nitrogens with one attached hydrogen (secondary N) is 1. The Morgan fingerprint density at radius 2 is 1.54 bits per heavy atom. The van der Waals surface area contributed by atoms with Gasteiger partial charge >= 0.3 is 24.6 Å². The van der Waals surface area contributed by atoms with Crippen molar-refractivity contribution in [3.63, 3.8) is 0 Å². The van der Waals surface area contributed by atoms with Gasteiger partial charge in [-0.15, -0.1) is 0 Å². The first-order chi connectivity index (χ1) is 33.6. The third-order valence-corrected chi connectivity index (χ3v) is 16.0. The van der Waals surface area contributed by atoms with Gasteiger partial charge in [0.05, 0.1) is 29.0 Å². The van der Waals surface area contributed by atoms with E-state index < -0.39 is 65.1 Å². The van der Waals surface area contributed by atoms with E-state index >= 15 is 0 Å². The SMILES string of the molecule is O=C(N[C@@H](c1ccccc1)c1cccc(OC(=O)c2cccc(S(=O)(=O)N3CC(C(=O)O)C3[C@@H](Cc3c(Cl)c[n+](O)cc3Cl)c3ccc(OC(F)F)c(OCC4CC4)c3)c2)c1)O[C@H]1CN2CCC1CC2. The summed E-state index contributed by atoms with van der Waals surface area (Å²) >= 11 is 13.1. The summed E-state index contributed by atoms with van der Waals surface area (Å²) in [5, 5.41) is 23.6. The number of amides is 1. The number of carboxylic acids is 1. The van der Waals surface area contributed by atoms with Gasteiger partial charge in [0.15, 0.2) is 11.5 Å². The zero-order valence-electron chi connectivity index (χ0n) is 37.4. The number of carboxylic acid groups (broad SMARTS) is 1. The fraction of sp³-hybridized carbons (Fsp3) is 0.360. The molecule has 0 spiro atoms. The highest BCUT2D eigenvalue weighted by molar-refractivity contribution is 7.89. The van der Waals surface area contributed by atoms with Gasteiger partial charge in [-0.2, -0.15) is 13.1 Å². The van der Waals surface area contributed by atoms with Crippen molar-refractivity contribution < 1.29 is 65.6 Å². The number of aromatic nitrogens is 1. The van der Waals surface area contributed by atoms with Crippen molar-refractivity contribution in [1.29, 1.82) is 0 Å². The Kier molecular flexibility index (Phi) is 14.5. The summed E-state index contributed by atoms with van der Waals surface area (Å²) in [6.07, 6.45) is 5.04. The van der Waals surface area contributed by atoms with E-state index in [2.05, 4.69) is 10.2 Å². The molecule has 5 aliphatic rings. The van der Waals surface area contributed by atoms with Crippen LogP contribution in [-0.4, -0.2) is 97.5 Å². The summed E-state index contributed by atoms with van der Waals surface area (Å²) in [6, 6.07) is 23.0. The molecule has 5 atom stereocenters. The minimum atomic E-state index is -4.60. The molecule has 368 valence electrons. The Bertz CT molecular complexity index is 2850. The number of rotatable bonds is 18. The quantitative estimate of drug-likeness (QED) is 0.0332. The Balaban J connectivity index is 0.983. The fourth-order valence-corrected chi connectivity index (χ4v) is 11.9. The number of carbonyl (C=O) groups is 3. The van der Waals surface area contributed by atoms with Gasteiger partial charge in [0.25, 0.3) is 0 Å². The molecular formula is C50H49Cl2F2N4O11S+. The molecule has 5 heterocycles. The molecular weight excluding hydrogens is 974 g/mol. The highest BCUT2D eigenvalue weighted by atomic mass is 35.5. The minimum absolute atomic E-state index is 0.0192. The van der Waals surface area contributed by atoms with Gasteiger partial charge in [0.1, 0.15) is 21.9 Å². The first-order valence-corrected chi connectivity index (χ1v) is 25.0. The van der Waals surface area contributed by atoms with Gasteiger partial charge in [0.2, 0.25) is 22.4 Å². The number of nitrogens with zero attached hydrogens (tertiary/aromatic N) is 3. The normalized spacial score (nSPS) is 21.8. The van der Waals surface area contributed by atoms with Crippen LogP contribution in [0.15, 0.2) is 114 Å². The summed E-state index contributed by atoms with van der Waals surface area (Å²) < 4.78 is 80.7. The zero-order chi connectivity index (χ0) is 49.3. The van der Waals surface area contributed by atoms with Crippen molar-refractivity contribution in [2.45, 2.75) is 67.7 Å². The number of hydrogen-bond donors (Lipinski definition) is 3. The van der Waals surface area contributed by atoms with Crippen LogP contribution in [0.1, 0.15) is 70.3 Å². The molecule has 3 N–H and O–H groups in total. The number of piperidine rings is 3. The predicted octanol–water partition coefficient (Wildman–Crippen LogP) is 8.14. The monoisotopic (exact) mass is 1020 g/mol. The predicted molar refractivity (Wildman–Crippen MR) is 249 cm³/mol. The average Bonchev–Trinajstić information content (AvgIpc) is 4.16. The Hall–Kier alpha value is -6.05. The summed E-state index contributed by atoms with van der Waals surface area (Å²) in [5.74, 6) is -4.27. The van der Waals surface area contributed by atoms with E-state index in [0.29, 0.717) is 28.3 Å². The van der Waals surface area contributed by atoms with E-state index in [4.69, 9.17) is 42.1 Å². The van der Waals surface area contributed by atoms with E-state index in [1.807, 2.05) is 30.3 Å². The van der Waals surface area contributed by atoms with Crippen molar-refractivity contribution in [3.8, 4) is 17.2 Å². The molecule has 70 heavy (non-hydrogen) atoms. The molecule has 2 unspecified atom stereocenters. The number of alkyl carbamates (subject to hydrolysis) is 1. The molecule has 1 amide bonds. The first kappa shape index (κ1) is 49.0. The Labute approximate surface area is 412 Å². The number of benzene rings is 4. The molecule has 4 aliphatic heterocycles. The van der Waals surface area contributed by atoms with Crippen LogP contribution in [0.25, 0.3) is 0 Å². The third-order valence-electron chi connectivity index (χ3n) is 13.5. The molecule has 1 saturated carbocycles. The lowest BCUT2D eigenvalue weighted by atomic mass is 9.75. The second kappa shape index (κ2) is 20.7. The second-order valence-electron chi connectivity index (χ2n) is 18.0. The lowest BCUT2D eigenvalue weighted by Crippen LogP contribution is -2.63. The Morgan fingerprint density at radius 3 is 2.21 bits per heavy atom. The van der Waals surface area contributed by atoms with Crippen molar-refractivity contribution in [3.05, 3.63) is 147 Å². The van der Waals surface area contributed by atoms with Gasteiger partial charge in [-0.05, 0) is 116 Å². The van der Waals surface area contributed by atoms with Crippen LogP contribution in [0.3, 0.4) is 0 Å². The largest absolute Gasteiger partial charge is 0.489 e. The van der Waals surface area contributed by atoms with Crippen LogP contribution in [0.5, 0.6) is 17.2 Å². The molecule has 15 nitrogen and oxygen atoms in total. The van der Waals surface area contributed by atoms with E-state index in [0.717, 1.165) is 67.1 Å². The van der Waals surface area contributed by atoms with E-state index in [1.165, 1.54) is 36.4 Å². The molecule has 4 saturated heterocycles.